The molecule has 7 heteroatoms. The van der Waals surface area contributed by atoms with Gasteiger partial charge in [-0.2, -0.15) is 0 Å². The Bertz CT molecular complexity index is 1640. The standard InChI is InChI=1S/C32H31N5O2/c1-38-20-6-8-22-24-10-13-34-29(31(24)36-27(22)17-20)15-19(26-5-3-4-12-33-26)16-30-32-25(11-14-35-30)23-9-7-21(39-2)18-28(23)37-32/h3-9,12,17-19,36-37H,10-11,13-16H2,1-2H3. The van der Waals surface area contributed by atoms with E-state index in [0.717, 1.165) is 89.8 Å². The zero-order valence-electron chi connectivity index (χ0n) is 22.3. The molecule has 0 saturated carbocycles. The minimum absolute atomic E-state index is 0.141. The quantitative estimate of drug-likeness (QED) is 0.277. The molecule has 196 valence electrons. The molecule has 0 bridgehead atoms. The second-order valence-electron chi connectivity index (χ2n) is 10.3. The van der Waals surface area contributed by atoms with Crippen molar-refractivity contribution in [2.75, 3.05) is 27.3 Å². The Morgan fingerprint density at radius 3 is 1.79 bits per heavy atom. The average Bonchev–Trinajstić information content (AvgIpc) is 3.55. The summed E-state index contributed by atoms with van der Waals surface area (Å²) < 4.78 is 10.9. The Morgan fingerprint density at radius 2 is 1.31 bits per heavy atom. The first-order valence-corrected chi connectivity index (χ1v) is 13.6. The van der Waals surface area contributed by atoms with Crippen molar-refractivity contribution in [3.05, 3.63) is 89.0 Å². The highest BCUT2D eigenvalue weighted by Crippen LogP contribution is 2.35. The number of hydrogen-bond acceptors (Lipinski definition) is 5. The van der Waals surface area contributed by atoms with Crippen LogP contribution in [0.15, 0.2) is 70.8 Å². The number of pyridine rings is 1. The fourth-order valence-electron chi connectivity index (χ4n) is 6.20. The number of nitrogens with zero attached hydrogens (tertiary/aromatic N) is 3. The monoisotopic (exact) mass is 517 g/mol. The van der Waals surface area contributed by atoms with Gasteiger partial charge in [-0.15, -0.1) is 0 Å². The molecule has 7 nitrogen and oxygen atoms in total. The van der Waals surface area contributed by atoms with Crippen LogP contribution in [0.2, 0.25) is 0 Å². The Hall–Kier alpha value is -4.39. The van der Waals surface area contributed by atoms with E-state index in [2.05, 4.69) is 46.4 Å². The SMILES string of the molecule is COc1ccc2c3c([nH]c2c1)C(CC(CC1=NCCc2c1[nH]c1cc(OC)ccc21)c1ccccn1)=NCC3. The van der Waals surface area contributed by atoms with Gasteiger partial charge in [-0.05, 0) is 60.4 Å². The maximum atomic E-state index is 5.47. The van der Waals surface area contributed by atoms with Crippen LogP contribution < -0.4 is 9.47 Å². The van der Waals surface area contributed by atoms with Gasteiger partial charge in [0.25, 0.3) is 0 Å². The lowest BCUT2D eigenvalue weighted by atomic mass is 9.87. The van der Waals surface area contributed by atoms with E-state index in [-0.39, 0.29) is 5.92 Å². The highest BCUT2D eigenvalue weighted by atomic mass is 16.5. The molecule has 0 fully saturated rings. The predicted octanol–water partition coefficient (Wildman–Crippen LogP) is 6.02. The van der Waals surface area contributed by atoms with Gasteiger partial charge in [0.15, 0.2) is 0 Å². The first-order valence-electron chi connectivity index (χ1n) is 13.6. The highest BCUT2D eigenvalue weighted by Gasteiger charge is 2.28. The lowest BCUT2D eigenvalue weighted by Gasteiger charge is -2.22. The normalized spacial score (nSPS) is 14.7. The number of hydrogen-bond donors (Lipinski definition) is 2. The van der Waals surface area contributed by atoms with E-state index in [1.165, 1.54) is 21.9 Å². The number of benzene rings is 2. The average molecular weight is 518 g/mol. The van der Waals surface area contributed by atoms with Gasteiger partial charge in [-0.1, -0.05) is 6.07 Å². The smallest absolute Gasteiger partial charge is 0.120 e. The molecule has 0 aliphatic carbocycles. The molecule has 0 spiro atoms. The summed E-state index contributed by atoms with van der Waals surface area (Å²) in [5.74, 6) is 1.85. The predicted molar refractivity (Wildman–Crippen MR) is 156 cm³/mol. The van der Waals surface area contributed by atoms with Crippen molar-refractivity contribution in [3.63, 3.8) is 0 Å². The number of nitrogens with one attached hydrogen (secondary N) is 2. The molecule has 2 N–H and O–H groups in total. The topological polar surface area (TPSA) is 87.6 Å². The summed E-state index contributed by atoms with van der Waals surface area (Å²) in [4.78, 5) is 22.2. The van der Waals surface area contributed by atoms with Crippen LogP contribution in [0.1, 0.15) is 47.0 Å². The zero-order valence-corrected chi connectivity index (χ0v) is 22.3. The number of fused-ring (bicyclic) bond motifs is 6. The summed E-state index contributed by atoms with van der Waals surface area (Å²) >= 11 is 0. The lowest BCUT2D eigenvalue weighted by molar-refractivity contribution is 0.415. The molecule has 3 aromatic heterocycles. The van der Waals surface area contributed by atoms with Crippen molar-refractivity contribution >= 4 is 33.2 Å². The van der Waals surface area contributed by atoms with Crippen molar-refractivity contribution in [1.29, 1.82) is 0 Å². The molecule has 7 rings (SSSR count). The van der Waals surface area contributed by atoms with Crippen molar-refractivity contribution < 1.29 is 9.47 Å². The van der Waals surface area contributed by atoms with Gasteiger partial charge in [0.1, 0.15) is 11.5 Å². The zero-order chi connectivity index (χ0) is 26.3. The summed E-state index contributed by atoms with van der Waals surface area (Å²) in [6, 6.07) is 18.7. The largest absolute Gasteiger partial charge is 0.497 e. The van der Waals surface area contributed by atoms with Gasteiger partial charge in [0, 0.05) is 77.7 Å². The highest BCUT2D eigenvalue weighted by molar-refractivity contribution is 6.09. The van der Waals surface area contributed by atoms with E-state index in [4.69, 9.17) is 24.4 Å². The van der Waals surface area contributed by atoms with E-state index in [1.54, 1.807) is 14.2 Å². The molecule has 5 aromatic rings. The third kappa shape index (κ3) is 4.18. The van der Waals surface area contributed by atoms with Gasteiger partial charge in [0.2, 0.25) is 0 Å². The van der Waals surface area contributed by atoms with Gasteiger partial charge in [-0.3, -0.25) is 15.0 Å². The summed E-state index contributed by atoms with van der Waals surface area (Å²) in [6.45, 7) is 1.59. The maximum Gasteiger partial charge on any atom is 0.120 e. The molecule has 2 aliphatic rings. The number of rotatable bonds is 7. The first-order chi connectivity index (χ1) is 19.2. The first kappa shape index (κ1) is 23.7. The van der Waals surface area contributed by atoms with Crippen LogP contribution >= 0.6 is 0 Å². The summed E-state index contributed by atoms with van der Waals surface area (Å²) in [5.41, 5.74) is 10.5. The fourth-order valence-corrected chi connectivity index (χ4v) is 6.20. The third-order valence-electron chi connectivity index (χ3n) is 8.12. The van der Waals surface area contributed by atoms with Gasteiger partial charge in [0.05, 0.1) is 37.0 Å². The van der Waals surface area contributed by atoms with E-state index in [9.17, 15) is 0 Å². The minimum atomic E-state index is 0.141. The Kier molecular flexibility index (Phi) is 5.91. The van der Waals surface area contributed by atoms with Crippen molar-refractivity contribution in [2.24, 2.45) is 9.98 Å². The number of H-pyrrole nitrogens is 2. The van der Waals surface area contributed by atoms with E-state index in [1.807, 2.05) is 24.4 Å². The summed E-state index contributed by atoms with van der Waals surface area (Å²) in [6.07, 6.45) is 5.34. The van der Waals surface area contributed by atoms with Crippen LogP contribution in [0.3, 0.4) is 0 Å². The van der Waals surface area contributed by atoms with Gasteiger partial charge in [-0.25, -0.2) is 0 Å². The molecule has 2 aliphatic heterocycles. The molecule has 2 aromatic carbocycles. The van der Waals surface area contributed by atoms with E-state index >= 15 is 0 Å². The van der Waals surface area contributed by atoms with Crippen LogP contribution in [0.25, 0.3) is 21.8 Å². The number of methoxy groups -OCH3 is 2. The van der Waals surface area contributed by atoms with Crippen LogP contribution in [0.5, 0.6) is 11.5 Å². The molecular formula is C32H31N5O2. The number of aliphatic imine (C=N–C) groups is 2. The molecule has 0 radical (unpaired) electrons. The second kappa shape index (κ2) is 9.73. The Balaban J connectivity index is 1.25. The van der Waals surface area contributed by atoms with E-state index in [0.29, 0.717) is 0 Å². The second-order valence-corrected chi connectivity index (χ2v) is 10.3. The van der Waals surface area contributed by atoms with Gasteiger partial charge < -0.3 is 19.4 Å². The number of aromatic nitrogens is 3. The number of aromatic amines is 2. The van der Waals surface area contributed by atoms with Crippen molar-refractivity contribution in [3.8, 4) is 11.5 Å². The summed E-state index contributed by atoms with van der Waals surface area (Å²) in [7, 11) is 3.41. The molecule has 5 heterocycles. The molecule has 39 heavy (non-hydrogen) atoms. The van der Waals surface area contributed by atoms with Crippen LogP contribution in [0.4, 0.5) is 0 Å². The number of ether oxygens (including phenoxy) is 2. The Labute approximate surface area is 227 Å². The van der Waals surface area contributed by atoms with Crippen LogP contribution in [0, 0.1) is 0 Å². The maximum absolute atomic E-state index is 5.47. The summed E-state index contributed by atoms with van der Waals surface area (Å²) in [5, 5.41) is 2.50. The van der Waals surface area contributed by atoms with Crippen molar-refractivity contribution in [2.45, 2.75) is 31.6 Å². The lowest BCUT2D eigenvalue weighted by Crippen LogP contribution is -2.20. The third-order valence-corrected chi connectivity index (χ3v) is 8.12. The molecule has 0 amide bonds. The minimum Gasteiger partial charge on any atom is -0.497 e. The van der Waals surface area contributed by atoms with E-state index < -0.39 is 0 Å². The molecule has 0 saturated heterocycles. The Morgan fingerprint density at radius 1 is 0.744 bits per heavy atom. The van der Waals surface area contributed by atoms with Crippen molar-refractivity contribution in [1.82, 2.24) is 15.0 Å². The van der Waals surface area contributed by atoms with Crippen LogP contribution in [-0.4, -0.2) is 53.7 Å². The molecule has 0 unspecified atom stereocenters. The molecule has 0 atom stereocenters. The molecular weight excluding hydrogens is 486 g/mol. The van der Waals surface area contributed by atoms with Gasteiger partial charge >= 0.3 is 0 Å². The van der Waals surface area contributed by atoms with Crippen LogP contribution in [-0.2, 0) is 12.8 Å². The fraction of sp³-hybridized carbons (Fsp3) is 0.281.